The van der Waals surface area contributed by atoms with E-state index < -0.39 is 12.0 Å². The van der Waals surface area contributed by atoms with Crippen molar-refractivity contribution in [3.63, 3.8) is 0 Å². The molecule has 41 heavy (non-hydrogen) atoms. The Kier molecular flexibility index (Phi) is 8.98. The molecule has 0 spiro atoms. The zero-order chi connectivity index (χ0) is 28.9. The minimum absolute atomic E-state index is 0.207. The second-order valence-corrected chi connectivity index (χ2v) is 12.1. The Morgan fingerprint density at radius 3 is 2.66 bits per heavy atom. The zero-order valence-corrected chi connectivity index (χ0v) is 25.6. The predicted molar refractivity (Wildman–Crippen MR) is 164 cm³/mol. The molecule has 2 aromatic carbocycles. The van der Waals surface area contributed by atoms with Crippen molar-refractivity contribution in [2.45, 2.75) is 39.3 Å². The van der Waals surface area contributed by atoms with Crippen molar-refractivity contribution in [3.05, 3.63) is 117 Å². The summed E-state index contributed by atoms with van der Waals surface area (Å²) < 4.78 is 14.3. The number of benzene rings is 2. The summed E-state index contributed by atoms with van der Waals surface area (Å²) in [6, 6.07) is 18.3. The Hall–Kier alpha value is -3.78. The second kappa shape index (κ2) is 12.8. The number of fused-ring (bicyclic) bond motifs is 1. The van der Waals surface area contributed by atoms with Crippen LogP contribution in [0.25, 0.3) is 6.08 Å². The summed E-state index contributed by atoms with van der Waals surface area (Å²) in [5.74, 6) is 0.224. The molecule has 2 aromatic heterocycles. The number of ether oxygens (including phenoxy) is 2. The van der Waals surface area contributed by atoms with Gasteiger partial charge in [-0.25, -0.2) is 9.79 Å². The Morgan fingerprint density at radius 2 is 2.00 bits per heavy atom. The molecule has 1 aliphatic heterocycles. The third-order valence-corrected chi connectivity index (χ3v) is 8.96. The molecule has 0 unspecified atom stereocenters. The fraction of sp³-hybridized carbons (Fsp3) is 0.226. The fourth-order valence-corrected chi connectivity index (χ4v) is 6.90. The molecule has 3 heterocycles. The number of thiophene rings is 1. The average Bonchev–Trinajstić information content (AvgIpc) is 3.61. The van der Waals surface area contributed by atoms with Crippen LogP contribution in [0.2, 0.25) is 0 Å². The van der Waals surface area contributed by atoms with Crippen LogP contribution in [0.5, 0.6) is 5.75 Å². The Morgan fingerprint density at radius 1 is 1.20 bits per heavy atom. The van der Waals surface area contributed by atoms with E-state index in [0.717, 1.165) is 26.9 Å². The van der Waals surface area contributed by atoms with E-state index in [-0.39, 0.29) is 12.2 Å². The van der Waals surface area contributed by atoms with E-state index >= 15 is 0 Å². The lowest BCUT2D eigenvalue weighted by Gasteiger charge is -2.24. The first kappa shape index (κ1) is 28.7. The van der Waals surface area contributed by atoms with Crippen LogP contribution in [0.3, 0.4) is 0 Å². The maximum Gasteiger partial charge on any atom is 0.338 e. The molecule has 0 saturated carbocycles. The molecule has 0 fully saturated rings. The van der Waals surface area contributed by atoms with Crippen molar-refractivity contribution in [1.29, 1.82) is 5.26 Å². The second-order valence-electron chi connectivity index (χ2n) is 9.22. The third kappa shape index (κ3) is 6.12. The summed E-state index contributed by atoms with van der Waals surface area (Å²) in [5, 5.41) is 10.9. The van der Waals surface area contributed by atoms with Crippen LogP contribution in [0.4, 0.5) is 0 Å². The van der Waals surface area contributed by atoms with E-state index in [1.165, 1.54) is 22.7 Å². The number of esters is 1. The summed E-state index contributed by atoms with van der Waals surface area (Å²) in [6.07, 6.45) is 3.25. The summed E-state index contributed by atoms with van der Waals surface area (Å²) in [7, 11) is 0. The number of hydrogen-bond donors (Lipinski definition) is 0. The SMILES string of the molecule is CCCC1=C(C(=O)OCC)[C@H](c2cccs2)n2c(s/c(=C\c3ccc(OCc4ccc(C#N)cc4)c(Br)c3)c2=O)=N1. The molecular formula is C31H26BrN3O4S2. The molecule has 0 amide bonds. The molecule has 0 aliphatic carbocycles. The highest BCUT2D eigenvalue weighted by Gasteiger charge is 2.34. The van der Waals surface area contributed by atoms with Crippen molar-refractivity contribution in [2.24, 2.45) is 4.99 Å². The van der Waals surface area contributed by atoms with Gasteiger partial charge in [0.2, 0.25) is 0 Å². The smallest absolute Gasteiger partial charge is 0.338 e. The molecule has 1 atom stereocenters. The molecule has 4 aromatic rings. The standard InChI is InChI=1S/C31H26BrN3O4S2/c1-3-6-23-27(30(37)38-4-2)28(25-7-5-14-40-25)35-29(36)26(41-31(35)34-23)16-21-12-13-24(22(32)15-21)39-18-20-10-8-19(17-33)9-11-20/h5,7-16,28H,3-4,6,18H2,1-2H3/b26-16-/t28-/m0/s1. The summed E-state index contributed by atoms with van der Waals surface area (Å²) >= 11 is 6.40. The molecule has 0 N–H and O–H groups in total. The van der Waals surface area contributed by atoms with E-state index in [1.54, 1.807) is 23.6 Å². The molecule has 1 aliphatic rings. The first-order valence-electron chi connectivity index (χ1n) is 13.1. The highest BCUT2D eigenvalue weighted by atomic mass is 79.9. The normalized spacial score (nSPS) is 14.8. The highest BCUT2D eigenvalue weighted by molar-refractivity contribution is 9.10. The van der Waals surface area contributed by atoms with Gasteiger partial charge in [0, 0.05) is 4.88 Å². The maximum absolute atomic E-state index is 13.8. The quantitative estimate of drug-likeness (QED) is 0.212. The van der Waals surface area contributed by atoms with Crippen LogP contribution < -0.4 is 19.6 Å². The first-order chi connectivity index (χ1) is 19.9. The van der Waals surface area contributed by atoms with Crippen LogP contribution in [-0.4, -0.2) is 17.1 Å². The van der Waals surface area contributed by atoms with Crippen molar-refractivity contribution < 1.29 is 14.3 Å². The van der Waals surface area contributed by atoms with Crippen molar-refractivity contribution in [2.75, 3.05) is 6.61 Å². The summed E-state index contributed by atoms with van der Waals surface area (Å²) in [6.45, 7) is 4.41. The number of rotatable bonds is 9. The first-order valence-corrected chi connectivity index (χ1v) is 15.6. The fourth-order valence-electron chi connectivity index (χ4n) is 4.55. The number of hydrogen-bond acceptors (Lipinski definition) is 8. The Labute approximate surface area is 253 Å². The number of nitriles is 1. The number of aromatic nitrogens is 1. The molecule has 0 saturated heterocycles. The van der Waals surface area contributed by atoms with Crippen LogP contribution >= 0.6 is 38.6 Å². The molecule has 10 heteroatoms. The van der Waals surface area contributed by atoms with Crippen LogP contribution in [0, 0.1) is 11.3 Å². The van der Waals surface area contributed by atoms with Gasteiger partial charge in [-0.05, 0) is 82.2 Å². The number of allylic oxidation sites excluding steroid dienone is 1. The molecule has 0 bridgehead atoms. The number of carbonyl (C=O) groups excluding carboxylic acids is 1. The molecule has 0 radical (unpaired) electrons. The highest BCUT2D eigenvalue weighted by Crippen LogP contribution is 2.34. The van der Waals surface area contributed by atoms with E-state index in [9.17, 15) is 9.59 Å². The molecule has 7 nitrogen and oxygen atoms in total. The van der Waals surface area contributed by atoms with E-state index in [2.05, 4.69) is 22.0 Å². The van der Waals surface area contributed by atoms with Gasteiger partial charge in [0.05, 0.1) is 38.5 Å². The molecular weight excluding hydrogens is 622 g/mol. The average molecular weight is 649 g/mol. The number of nitrogens with zero attached hydrogens (tertiary/aromatic N) is 3. The van der Waals surface area contributed by atoms with Crippen molar-refractivity contribution >= 4 is 50.6 Å². The number of carbonyl (C=O) groups is 1. The lowest BCUT2D eigenvalue weighted by atomic mass is 9.99. The monoisotopic (exact) mass is 647 g/mol. The molecule has 208 valence electrons. The summed E-state index contributed by atoms with van der Waals surface area (Å²) in [4.78, 5) is 33.2. The van der Waals surface area contributed by atoms with Crippen LogP contribution in [-0.2, 0) is 16.1 Å². The van der Waals surface area contributed by atoms with Gasteiger partial charge in [-0.3, -0.25) is 9.36 Å². The minimum Gasteiger partial charge on any atom is -0.488 e. The largest absolute Gasteiger partial charge is 0.488 e. The molecule has 5 rings (SSSR count). The van der Waals surface area contributed by atoms with Gasteiger partial charge in [0.1, 0.15) is 18.4 Å². The number of halogens is 1. The maximum atomic E-state index is 13.8. The van der Waals surface area contributed by atoms with Crippen molar-refractivity contribution in [1.82, 2.24) is 4.57 Å². The lowest BCUT2D eigenvalue weighted by molar-refractivity contribution is -0.139. The third-order valence-electron chi connectivity index (χ3n) is 6.44. The number of thiazole rings is 1. The Balaban J connectivity index is 1.50. The van der Waals surface area contributed by atoms with Gasteiger partial charge in [0.15, 0.2) is 4.80 Å². The van der Waals surface area contributed by atoms with Gasteiger partial charge >= 0.3 is 5.97 Å². The van der Waals surface area contributed by atoms with Crippen LogP contribution in [0.1, 0.15) is 54.3 Å². The van der Waals surface area contributed by atoms with Gasteiger partial charge in [-0.1, -0.05) is 48.9 Å². The minimum atomic E-state index is -0.585. The van der Waals surface area contributed by atoms with Crippen molar-refractivity contribution in [3.8, 4) is 11.8 Å². The van der Waals surface area contributed by atoms with Gasteiger partial charge in [-0.2, -0.15) is 5.26 Å². The van der Waals surface area contributed by atoms with Gasteiger partial charge in [0.25, 0.3) is 5.56 Å². The van der Waals surface area contributed by atoms with E-state index in [4.69, 9.17) is 19.7 Å². The van der Waals surface area contributed by atoms with Gasteiger partial charge in [-0.15, -0.1) is 11.3 Å². The topological polar surface area (TPSA) is 93.7 Å². The van der Waals surface area contributed by atoms with Gasteiger partial charge < -0.3 is 9.47 Å². The lowest BCUT2D eigenvalue weighted by Crippen LogP contribution is -2.39. The van der Waals surface area contributed by atoms with E-state index in [0.29, 0.717) is 44.9 Å². The zero-order valence-electron chi connectivity index (χ0n) is 22.4. The Bertz CT molecular complexity index is 1830. The predicted octanol–water partition coefficient (Wildman–Crippen LogP) is 5.85. The summed E-state index contributed by atoms with van der Waals surface area (Å²) in [5.41, 5.74) is 3.27. The van der Waals surface area contributed by atoms with E-state index in [1.807, 2.05) is 60.8 Å². The van der Waals surface area contributed by atoms with Crippen LogP contribution in [0.15, 0.2) is 85.5 Å².